The van der Waals surface area contributed by atoms with E-state index in [4.69, 9.17) is 4.74 Å². The van der Waals surface area contributed by atoms with Gasteiger partial charge in [-0.1, -0.05) is 13.8 Å². The monoisotopic (exact) mass is 316 g/mol. The third kappa shape index (κ3) is 5.21. The SMILES string of the molecule is CC(C)CCNC(=O)COC(=O)c1ccc(-n2cncn2)cc1. The molecule has 7 nitrogen and oxygen atoms in total. The summed E-state index contributed by atoms with van der Waals surface area (Å²) in [6.07, 6.45) is 3.89. The lowest BCUT2D eigenvalue weighted by atomic mass is 10.1. The lowest BCUT2D eigenvalue weighted by Crippen LogP contribution is -2.30. The van der Waals surface area contributed by atoms with Crippen LogP contribution < -0.4 is 5.32 Å². The molecule has 0 aliphatic rings. The van der Waals surface area contributed by atoms with Crippen LogP contribution in [0, 0.1) is 5.92 Å². The highest BCUT2D eigenvalue weighted by Crippen LogP contribution is 2.09. The summed E-state index contributed by atoms with van der Waals surface area (Å²) in [5.41, 5.74) is 1.16. The van der Waals surface area contributed by atoms with Crippen LogP contribution in [-0.2, 0) is 9.53 Å². The Morgan fingerprint density at radius 2 is 2.00 bits per heavy atom. The fourth-order valence-corrected chi connectivity index (χ4v) is 1.86. The highest BCUT2D eigenvalue weighted by atomic mass is 16.5. The minimum absolute atomic E-state index is 0.276. The van der Waals surface area contributed by atoms with E-state index < -0.39 is 5.97 Å². The van der Waals surface area contributed by atoms with Crippen LogP contribution in [0.5, 0.6) is 0 Å². The van der Waals surface area contributed by atoms with E-state index in [1.54, 1.807) is 35.3 Å². The Kier molecular flexibility index (Phi) is 5.85. The molecule has 0 atom stereocenters. The molecule has 0 spiro atoms. The van der Waals surface area contributed by atoms with Gasteiger partial charge < -0.3 is 10.1 Å². The predicted molar refractivity (Wildman–Crippen MR) is 84.1 cm³/mol. The Hall–Kier alpha value is -2.70. The molecule has 0 saturated heterocycles. The van der Waals surface area contributed by atoms with E-state index in [9.17, 15) is 9.59 Å². The molecule has 1 aromatic heterocycles. The first-order valence-corrected chi connectivity index (χ1v) is 7.45. The number of ether oxygens (including phenoxy) is 1. The molecule has 0 saturated carbocycles. The van der Waals surface area contributed by atoms with Gasteiger partial charge >= 0.3 is 5.97 Å². The molecule has 1 aromatic carbocycles. The maximum absolute atomic E-state index is 11.9. The fourth-order valence-electron chi connectivity index (χ4n) is 1.86. The van der Waals surface area contributed by atoms with Gasteiger partial charge in [-0.05, 0) is 36.6 Å². The van der Waals surface area contributed by atoms with E-state index in [1.165, 1.54) is 6.33 Å². The van der Waals surface area contributed by atoms with Gasteiger partial charge in [-0.25, -0.2) is 14.5 Å². The average Bonchev–Trinajstić information content (AvgIpc) is 3.07. The van der Waals surface area contributed by atoms with E-state index in [0.717, 1.165) is 12.1 Å². The Bertz CT molecular complexity index is 636. The van der Waals surface area contributed by atoms with Crippen LogP contribution in [0.2, 0.25) is 0 Å². The molecule has 1 amide bonds. The zero-order valence-corrected chi connectivity index (χ0v) is 13.2. The minimum Gasteiger partial charge on any atom is -0.452 e. The Morgan fingerprint density at radius 3 is 2.61 bits per heavy atom. The molecule has 1 N–H and O–H groups in total. The summed E-state index contributed by atoms with van der Waals surface area (Å²) >= 11 is 0. The van der Waals surface area contributed by atoms with E-state index in [-0.39, 0.29) is 12.5 Å². The van der Waals surface area contributed by atoms with Gasteiger partial charge in [-0.15, -0.1) is 0 Å². The number of benzene rings is 1. The minimum atomic E-state index is -0.533. The average molecular weight is 316 g/mol. The van der Waals surface area contributed by atoms with Gasteiger partial charge in [0.2, 0.25) is 0 Å². The topological polar surface area (TPSA) is 86.1 Å². The Labute approximate surface area is 134 Å². The second kappa shape index (κ2) is 8.07. The highest BCUT2D eigenvalue weighted by molar-refractivity contribution is 5.91. The Balaban J connectivity index is 1.80. The van der Waals surface area contributed by atoms with Crippen LogP contribution >= 0.6 is 0 Å². The van der Waals surface area contributed by atoms with Crippen LogP contribution in [0.1, 0.15) is 30.6 Å². The standard InChI is InChI=1S/C16H20N4O3/c1-12(2)7-8-18-15(21)9-23-16(22)13-3-5-14(6-4-13)20-11-17-10-19-20/h3-6,10-12H,7-9H2,1-2H3,(H,18,21). The molecule has 0 bridgehead atoms. The van der Waals surface area contributed by atoms with Gasteiger partial charge in [0.1, 0.15) is 12.7 Å². The van der Waals surface area contributed by atoms with Gasteiger partial charge in [-0.3, -0.25) is 4.79 Å². The quantitative estimate of drug-likeness (QED) is 0.784. The molecule has 0 radical (unpaired) electrons. The van der Waals surface area contributed by atoms with E-state index in [0.29, 0.717) is 18.0 Å². The Morgan fingerprint density at radius 1 is 1.26 bits per heavy atom. The van der Waals surface area contributed by atoms with Crippen molar-refractivity contribution in [2.24, 2.45) is 5.92 Å². The van der Waals surface area contributed by atoms with Crippen molar-refractivity contribution in [1.82, 2.24) is 20.1 Å². The molecule has 122 valence electrons. The van der Waals surface area contributed by atoms with Gasteiger partial charge in [0, 0.05) is 6.54 Å². The summed E-state index contributed by atoms with van der Waals surface area (Å²) in [6.45, 7) is 4.47. The number of nitrogens with zero attached hydrogens (tertiary/aromatic N) is 3. The van der Waals surface area contributed by atoms with Crippen LogP contribution in [0.25, 0.3) is 5.69 Å². The van der Waals surface area contributed by atoms with Crippen molar-refractivity contribution >= 4 is 11.9 Å². The number of carbonyl (C=O) groups excluding carboxylic acids is 2. The van der Waals surface area contributed by atoms with Crippen LogP contribution in [-0.4, -0.2) is 39.8 Å². The van der Waals surface area contributed by atoms with Crippen molar-refractivity contribution in [2.45, 2.75) is 20.3 Å². The zero-order chi connectivity index (χ0) is 16.7. The lowest BCUT2D eigenvalue weighted by molar-refractivity contribution is -0.124. The van der Waals surface area contributed by atoms with Crippen molar-refractivity contribution in [1.29, 1.82) is 0 Å². The van der Waals surface area contributed by atoms with Crippen molar-refractivity contribution in [3.63, 3.8) is 0 Å². The van der Waals surface area contributed by atoms with E-state index in [2.05, 4.69) is 29.2 Å². The summed E-state index contributed by atoms with van der Waals surface area (Å²) in [5.74, 6) is -0.311. The molecule has 2 rings (SSSR count). The molecule has 7 heteroatoms. The zero-order valence-electron chi connectivity index (χ0n) is 13.2. The molecule has 0 fully saturated rings. The van der Waals surface area contributed by atoms with Gasteiger partial charge in [0.05, 0.1) is 11.3 Å². The number of hydrogen-bond acceptors (Lipinski definition) is 5. The van der Waals surface area contributed by atoms with Gasteiger partial charge in [0.15, 0.2) is 6.61 Å². The second-order valence-electron chi connectivity index (χ2n) is 5.50. The second-order valence-corrected chi connectivity index (χ2v) is 5.50. The third-order valence-corrected chi connectivity index (χ3v) is 3.16. The van der Waals surface area contributed by atoms with Crippen molar-refractivity contribution in [2.75, 3.05) is 13.2 Å². The molecular formula is C16H20N4O3. The van der Waals surface area contributed by atoms with Crippen molar-refractivity contribution in [3.05, 3.63) is 42.5 Å². The number of esters is 1. The number of hydrogen-bond donors (Lipinski definition) is 1. The van der Waals surface area contributed by atoms with E-state index >= 15 is 0 Å². The molecule has 1 heterocycles. The molecular weight excluding hydrogens is 296 g/mol. The normalized spacial score (nSPS) is 10.6. The largest absolute Gasteiger partial charge is 0.452 e. The van der Waals surface area contributed by atoms with Crippen molar-refractivity contribution in [3.8, 4) is 5.69 Å². The number of aromatic nitrogens is 3. The van der Waals surface area contributed by atoms with Crippen molar-refractivity contribution < 1.29 is 14.3 Å². The predicted octanol–water partition coefficient (Wildman–Crippen LogP) is 1.59. The molecule has 0 aliphatic carbocycles. The van der Waals surface area contributed by atoms with Crippen LogP contribution in [0.3, 0.4) is 0 Å². The summed E-state index contributed by atoms with van der Waals surface area (Å²) in [5, 5.41) is 6.71. The number of rotatable bonds is 7. The molecule has 23 heavy (non-hydrogen) atoms. The summed E-state index contributed by atoms with van der Waals surface area (Å²) in [6, 6.07) is 6.70. The van der Waals surface area contributed by atoms with Crippen LogP contribution in [0.4, 0.5) is 0 Å². The maximum atomic E-state index is 11.9. The smallest absolute Gasteiger partial charge is 0.338 e. The molecule has 2 aromatic rings. The summed E-state index contributed by atoms with van der Waals surface area (Å²) in [4.78, 5) is 27.3. The van der Waals surface area contributed by atoms with E-state index in [1.807, 2.05) is 0 Å². The lowest BCUT2D eigenvalue weighted by Gasteiger charge is -2.08. The highest BCUT2D eigenvalue weighted by Gasteiger charge is 2.10. The van der Waals surface area contributed by atoms with Gasteiger partial charge in [0.25, 0.3) is 5.91 Å². The maximum Gasteiger partial charge on any atom is 0.338 e. The number of amides is 1. The molecule has 0 aliphatic heterocycles. The number of nitrogens with one attached hydrogen (secondary N) is 1. The third-order valence-electron chi connectivity index (χ3n) is 3.16. The number of carbonyl (C=O) groups is 2. The van der Waals surface area contributed by atoms with Gasteiger partial charge in [-0.2, -0.15) is 5.10 Å². The van der Waals surface area contributed by atoms with Crippen LogP contribution in [0.15, 0.2) is 36.9 Å². The summed E-state index contributed by atoms with van der Waals surface area (Å²) in [7, 11) is 0. The molecule has 0 unspecified atom stereocenters. The fraction of sp³-hybridized carbons (Fsp3) is 0.375. The summed E-state index contributed by atoms with van der Waals surface area (Å²) < 4.78 is 6.57. The first-order chi connectivity index (χ1) is 11.1. The first kappa shape index (κ1) is 16.7. The first-order valence-electron chi connectivity index (χ1n) is 7.45.